The number of hydrogen-bond donors (Lipinski definition) is 2. The Hall–Kier alpha value is -1.30. The molecule has 0 aliphatic carbocycles. The van der Waals surface area contributed by atoms with Crippen molar-refractivity contribution >= 4 is 12.0 Å². The van der Waals surface area contributed by atoms with Crippen molar-refractivity contribution in [1.29, 1.82) is 0 Å². The second-order valence-corrected chi connectivity index (χ2v) is 4.34. The van der Waals surface area contributed by atoms with Crippen LogP contribution in [0.2, 0.25) is 0 Å². The van der Waals surface area contributed by atoms with E-state index in [1.165, 1.54) is 7.11 Å². The van der Waals surface area contributed by atoms with Crippen LogP contribution in [0.5, 0.6) is 0 Å². The third-order valence-electron chi connectivity index (χ3n) is 1.52. The Balaban J connectivity index is 3.99. The molecule has 0 aromatic carbocycles. The maximum Gasteiger partial charge on any atom is 0.408 e. The van der Waals surface area contributed by atoms with Crippen LogP contribution in [0.15, 0.2) is 0 Å². The lowest BCUT2D eigenvalue weighted by Gasteiger charge is -2.21. The fourth-order valence-electron chi connectivity index (χ4n) is 0.846. The summed E-state index contributed by atoms with van der Waals surface area (Å²) in [4.78, 5) is 22.6. The third kappa shape index (κ3) is 7.05. The zero-order chi connectivity index (χ0) is 12.8. The lowest BCUT2D eigenvalue weighted by atomic mass is 10.2. The van der Waals surface area contributed by atoms with E-state index in [-0.39, 0.29) is 12.6 Å². The first kappa shape index (κ1) is 14.7. The molecule has 94 valence electrons. The molecule has 0 spiro atoms. The number of nitrogens with one attached hydrogen (secondary N) is 2. The second-order valence-electron chi connectivity index (χ2n) is 4.34. The van der Waals surface area contributed by atoms with E-state index in [0.29, 0.717) is 0 Å². The molecule has 0 rings (SSSR count). The molecule has 0 aliphatic rings. The molecule has 1 unspecified atom stereocenters. The highest BCUT2D eigenvalue weighted by Gasteiger charge is 2.20. The van der Waals surface area contributed by atoms with Gasteiger partial charge in [-0.25, -0.2) is 4.79 Å². The first-order chi connectivity index (χ1) is 7.26. The predicted molar refractivity (Wildman–Crippen MR) is 58.9 cm³/mol. The van der Waals surface area contributed by atoms with Crippen molar-refractivity contribution in [2.45, 2.75) is 39.3 Å². The van der Waals surface area contributed by atoms with E-state index in [2.05, 4.69) is 15.4 Å². The van der Waals surface area contributed by atoms with Gasteiger partial charge in [-0.3, -0.25) is 4.79 Å². The van der Waals surface area contributed by atoms with Gasteiger partial charge in [0.25, 0.3) is 0 Å². The molecule has 16 heavy (non-hydrogen) atoms. The highest BCUT2D eigenvalue weighted by Crippen LogP contribution is 2.06. The monoisotopic (exact) mass is 232 g/mol. The zero-order valence-corrected chi connectivity index (χ0v) is 10.4. The van der Waals surface area contributed by atoms with E-state index >= 15 is 0 Å². The van der Waals surface area contributed by atoms with Gasteiger partial charge in [0.05, 0.1) is 0 Å². The Morgan fingerprint density at radius 3 is 2.31 bits per heavy atom. The van der Waals surface area contributed by atoms with Crippen LogP contribution in [0.3, 0.4) is 0 Å². The Morgan fingerprint density at radius 1 is 1.31 bits per heavy atom. The van der Waals surface area contributed by atoms with Crippen molar-refractivity contribution in [2.24, 2.45) is 0 Å². The van der Waals surface area contributed by atoms with E-state index in [1.54, 1.807) is 27.7 Å². The fraction of sp³-hybridized carbons (Fsp3) is 0.800. The standard InChI is InChI=1S/C10H20N2O4/c1-7(8(13)11-6-15-5)12-9(14)16-10(2,3)4/h7H,6H2,1-5H3,(H,11,13)(H,12,14). The third-order valence-corrected chi connectivity index (χ3v) is 1.52. The van der Waals surface area contributed by atoms with Gasteiger partial charge < -0.3 is 20.1 Å². The summed E-state index contributed by atoms with van der Waals surface area (Å²) in [6.07, 6.45) is -0.618. The summed E-state index contributed by atoms with van der Waals surface area (Å²) in [5.41, 5.74) is -0.577. The van der Waals surface area contributed by atoms with Gasteiger partial charge in [0.1, 0.15) is 18.4 Å². The molecule has 0 saturated heterocycles. The minimum atomic E-state index is -0.662. The van der Waals surface area contributed by atoms with Crippen molar-refractivity contribution in [2.75, 3.05) is 13.8 Å². The molecule has 0 radical (unpaired) electrons. The molecule has 0 aromatic heterocycles. The summed E-state index contributed by atoms with van der Waals surface area (Å²) in [6.45, 7) is 6.93. The number of carbonyl (C=O) groups is 2. The summed E-state index contributed by atoms with van der Waals surface area (Å²) in [6, 6.07) is -0.662. The highest BCUT2D eigenvalue weighted by molar-refractivity contribution is 5.85. The summed E-state index contributed by atoms with van der Waals surface area (Å²) in [5, 5.41) is 4.89. The molecule has 6 nitrogen and oxygen atoms in total. The van der Waals surface area contributed by atoms with E-state index in [0.717, 1.165) is 0 Å². The molecule has 1 atom stereocenters. The van der Waals surface area contributed by atoms with E-state index in [4.69, 9.17) is 4.74 Å². The number of hydrogen-bond acceptors (Lipinski definition) is 4. The Kier molecular flexibility index (Phi) is 5.81. The Bertz CT molecular complexity index is 248. The summed E-state index contributed by atoms with van der Waals surface area (Å²) in [7, 11) is 1.46. The molecular weight excluding hydrogens is 212 g/mol. The molecular formula is C10H20N2O4. The number of methoxy groups -OCH3 is 1. The molecule has 0 aromatic rings. The van der Waals surface area contributed by atoms with Crippen molar-refractivity contribution in [1.82, 2.24) is 10.6 Å². The highest BCUT2D eigenvalue weighted by atomic mass is 16.6. The summed E-state index contributed by atoms with van der Waals surface area (Å²) in [5.74, 6) is -0.326. The lowest BCUT2D eigenvalue weighted by molar-refractivity contribution is -0.124. The molecule has 0 saturated carbocycles. The van der Waals surface area contributed by atoms with Crippen LogP contribution in [0.25, 0.3) is 0 Å². The molecule has 0 fully saturated rings. The second kappa shape index (κ2) is 6.32. The van der Waals surface area contributed by atoms with E-state index < -0.39 is 17.7 Å². The Morgan fingerprint density at radius 2 is 1.88 bits per heavy atom. The van der Waals surface area contributed by atoms with Crippen LogP contribution in [0.4, 0.5) is 4.79 Å². The Labute approximate surface area is 95.7 Å². The molecule has 6 heteroatoms. The maximum absolute atomic E-state index is 11.3. The van der Waals surface area contributed by atoms with Crippen LogP contribution in [0, 0.1) is 0 Å². The minimum Gasteiger partial charge on any atom is -0.444 e. The first-order valence-corrected chi connectivity index (χ1v) is 5.02. The van der Waals surface area contributed by atoms with Crippen molar-refractivity contribution in [3.05, 3.63) is 0 Å². The average molecular weight is 232 g/mol. The van der Waals surface area contributed by atoms with Crippen LogP contribution in [-0.2, 0) is 14.3 Å². The van der Waals surface area contributed by atoms with Gasteiger partial charge in [-0.2, -0.15) is 0 Å². The number of carbonyl (C=O) groups excluding carboxylic acids is 2. The van der Waals surface area contributed by atoms with E-state index in [1.807, 2.05) is 0 Å². The van der Waals surface area contributed by atoms with Gasteiger partial charge in [-0.05, 0) is 27.7 Å². The van der Waals surface area contributed by atoms with Crippen LogP contribution >= 0.6 is 0 Å². The van der Waals surface area contributed by atoms with Gasteiger partial charge in [-0.15, -0.1) is 0 Å². The topological polar surface area (TPSA) is 76.7 Å². The van der Waals surface area contributed by atoms with Crippen molar-refractivity contribution in [3.8, 4) is 0 Å². The fourth-order valence-corrected chi connectivity index (χ4v) is 0.846. The molecule has 0 aliphatic heterocycles. The average Bonchev–Trinajstić information content (AvgIpc) is 2.10. The van der Waals surface area contributed by atoms with Crippen LogP contribution in [0.1, 0.15) is 27.7 Å². The summed E-state index contributed by atoms with van der Waals surface area (Å²) >= 11 is 0. The number of alkyl carbamates (subject to hydrolysis) is 1. The summed E-state index contributed by atoms with van der Waals surface area (Å²) < 4.78 is 9.67. The van der Waals surface area contributed by atoms with Gasteiger partial charge in [0.15, 0.2) is 0 Å². The predicted octanol–water partition coefficient (Wildman–Crippen LogP) is 0.620. The molecule has 0 bridgehead atoms. The van der Waals surface area contributed by atoms with Gasteiger partial charge in [-0.1, -0.05) is 0 Å². The van der Waals surface area contributed by atoms with Crippen molar-refractivity contribution < 1.29 is 19.1 Å². The quantitative estimate of drug-likeness (QED) is 0.697. The van der Waals surface area contributed by atoms with Gasteiger partial charge >= 0.3 is 6.09 Å². The molecule has 2 amide bonds. The normalized spacial score (nSPS) is 12.8. The first-order valence-electron chi connectivity index (χ1n) is 5.02. The maximum atomic E-state index is 11.3. The number of amides is 2. The number of rotatable bonds is 4. The smallest absolute Gasteiger partial charge is 0.408 e. The molecule has 2 N–H and O–H groups in total. The zero-order valence-electron chi connectivity index (χ0n) is 10.4. The van der Waals surface area contributed by atoms with Crippen LogP contribution < -0.4 is 10.6 Å². The van der Waals surface area contributed by atoms with Gasteiger partial charge in [0, 0.05) is 7.11 Å². The van der Waals surface area contributed by atoms with E-state index in [9.17, 15) is 9.59 Å². The largest absolute Gasteiger partial charge is 0.444 e. The SMILES string of the molecule is COCNC(=O)C(C)NC(=O)OC(C)(C)C. The number of ether oxygens (including phenoxy) is 2. The lowest BCUT2D eigenvalue weighted by Crippen LogP contribution is -2.46. The van der Waals surface area contributed by atoms with Crippen LogP contribution in [-0.4, -0.2) is 37.5 Å². The molecule has 0 heterocycles. The van der Waals surface area contributed by atoms with Gasteiger partial charge in [0.2, 0.25) is 5.91 Å². The van der Waals surface area contributed by atoms with Crippen molar-refractivity contribution in [3.63, 3.8) is 0 Å². The minimum absolute atomic E-state index is 0.110.